The average Bonchev–Trinajstić information content (AvgIpc) is 2.14. The molecule has 0 fully saturated rings. The van der Waals surface area contributed by atoms with Crippen molar-refractivity contribution in [3.63, 3.8) is 0 Å². The molecule has 4 heteroatoms. The maximum absolute atomic E-state index is 13.4. The zero-order valence-corrected chi connectivity index (χ0v) is 10.8. The summed E-state index contributed by atoms with van der Waals surface area (Å²) in [4.78, 5) is 2.06. The molecule has 0 bridgehead atoms. The highest BCUT2D eigenvalue weighted by Gasteiger charge is 2.14. The monoisotopic (exact) mass is 274 g/mol. The number of nitrogen functional groups attached to an aromatic ring is 1. The molecule has 84 valence electrons. The van der Waals surface area contributed by atoms with E-state index in [4.69, 9.17) is 5.73 Å². The van der Waals surface area contributed by atoms with Crippen molar-refractivity contribution < 1.29 is 4.39 Å². The third-order valence-corrected chi connectivity index (χ3v) is 2.95. The summed E-state index contributed by atoms with van der Waals surface area (Å²) in [6.45, 7) is 6.95. The molecule has 0 amide bonds. The Morgan fingerprint density at radius 2 is 2.07 bits per heavy atom. The van der Waals surface area contributed by atoms with Gasteiger partial charge in [0.15, 0.2) is 0 Å². The molecule has 0 aliphatic rings. The molecule has 15 heavy (non-hydrogen) atoms. The first-order valence-corrected chi connectivity index (χ1v) is 5.77. The van der Waals surface area contributed by atoms with Crippen molar-refractivity contribution >= 4 is 27.3 Å². The van der Waals surface area contributed by atoms with E-state index >= 15 is 0 Å². The summed E-state index contributed by atoms with van der Waals surface area (Å²) in [5, 5.41) is 0. The Morgan fingerprint density at radius 3 is 2.53 bits per heavy atom. The van der Waals surface area contributed by atoms with Gasteiger partial charge in [-0.1, -0.05) is 0 Å². The van der Waals surface area contributed by atoms with Crippen molar-refractivity contribution in [1.29, 1.82) is 0 Å². The lowest BCUT2D eigenvalue weighted by molar-refractivity contribution is 0.618. The van der Waals surface area contributed by atoms with E-state index in [2.05, 4.69) is 34.7 Å². The molecule has 1 aromatic rings. The first-order valence-electron chi connectivity index (χ1n) is 4.98. The molecule has 0 aliphatic carbocycles. The van der Waals surface area contributed by atoms with Gasteiger partial charge in [-0.2, -0.15) is 0 Å². The molecular weight excluding hydrogens is 259 g/mol. The summed E-state index contributed by atoms with van der Waals surface area (Å²) in [6, 6.07) is 3.39. The van der Waals surface area contributed by atoms with E-state index in [0.717, 1.165) is 12.2 Å². The summed E-state index contributed by atoms with van der Waals surface area (Å²) >= 11 is 3.11. The SMILES string of the molecule is CCN(c1cc(F)c(Br)cc1N)C(C)C. The lowest BCUT2D eigenvalue weighted by Crippen LogP contribution is -2.31. The van der Waals surface area contributed by atoms with Gasteiger partial charge in [-0.15, -0.1) is 0 Å². The zero-order valence-electron chi connectivity index (χ0n) is 9.22. The molecular formula is C11H16BrFN2. The fourth-order valence-electron chi connectivity index (χ4n) is 1.61. The topological polar surface area (TPSA) is 29.3 Å². The zero-order chi connectivity index (χ0) is 11.6. The van der Waals surface area contributed by atoms with Crippen LogP contribution in [0.3, 0.4) is 0 Å². The number of anilines is 2. The molecule has 0 unspecified atom stereocenters. The minimum Gasteiger partial charge on any atom is -0.397 e. The van der Waals surface area contributed by atoms with E-state index in [1.807, 2.05) is 6.92 Å². The number of nitrogens with two attached hydrogens (primary N) is 1. The van der Waals surface area contributed by atoms with Gasteiger partial charge in [0.05, 0.1) is 15.8 Å². The van der Waals surface area contributed by atoms with Crippen molar-refractivity contribution in [3.8, 4) is 0 Å². The summed E-state index contributed by atoms with van der Waals surface area (Å²) in [7, 11) is 0. The van der Waals surface area contributed by atoms with Crippen LogP contribution in [0.1, 0.15) is 20.8 Å². The lowest BCUT2D eigenvalue weighted by atomic mass is 10.2. The smallest absolute Gasteiger partial charge is 0.139 e. The summed E-state index contributed by atoms with van der Waals surface area (Å²) in [5.74, 6) is -0.279. The van der Waals surface area contributed by atoms with Crippen molar-refractivity contribution in [2.24, 2.45) is 0 Å². The van der Waals surface area contributed by atoms with Crippen LogP contribution in [0.25, 0.3) is 0 Å². The molecule has 0 aliphatic heterocycles. The third-order valence-electron chi connectivity index (χ3n) is 2.34. The molecule has 0 aromatic heterocycles. The van der Waals surface area contributed by atoms with E-state index in [0.29, 0.717) is 16.2 Å². The van der Waals surface area contributed by atoms with E-state index in [9.17, 15) is 4.39 Å². The average molecular weight is 275 g/mol. The molecule has 2 N–H and O–H groups in total. The van der Waals surface area contributed by atoms with Crippen LogP contribution < -0.4 is 10.6 Å². The Hall–Kier alpha value is -0.770. The van der Waals surface area contributed by atoms with Crippen LogP contribution >= 0.6 is 15.9 Å². The predicted molar refractivity (Wildman–Crippen MR) is 66.7 cm³/mol. The van der Waals surface area contributed by atoms with Gasteiger partial charge in [0, 0.05) is 18.7 Å². The highest BCUT2D eigenvalue weighted by Crippen LogP contribution is 2.30. The van der Waals surface area contributed by atoms with Gasteiger partial charge >= 0.3 is 0 Å². The number of rotatable bonds is 3. The second kappa shape index (κ2) is 4.84. The molecule has 0 spiro atoms. The molecule has 1 rings (SSSR count). The normalized spacial score (nSPS) is 10.8. The number of halogens is 2. The fourth-order valence-corrected chi connectivity index (χ4v) is 1.98. The number of hydrogen-bond acceptors (Lipinski definition) is 2. The van der Waals surface area contributed by atoms with Crippen molar-refractivity contribution in [2.75, 3.05) is 17.2 Å². The van der Waals surface area contributed by atoms with Gasteiger partial charge in [0.25, 0.3) is 0 Å². The van der Waals surface area contributed by atoms with Crippen molar-refractivity contribution in [1.82, 2.24) is 0 Å². The largest absolute Gasteiger partial charge is 0.397 e. The van der Waals surface area contributed by atoms with Crippen LogP contribution in [0.2, 0.25) is 0 Å². The van der Waals surface area contributed by atoms with Gasteiger partial charge < -0.3 is 10.6 Å². The molecule has 0 saturated carbocycles. The van der Waals surface area contributed by atoms with Crippen molar-refractivity contribution in [2.45, 2.75) is 26.8 Å². The van der Waals surface area contributed by atoms with E-state index < -0.39 is 0 Å². The van der Waals surface area contributed by atoms with E-state index in [1.165, 1.54) is 6.07 Å². The Morgan fingerprint density at radius 1 is 1.47 bits per heavy atom. The van der Waals surface area contributed by atoms with Gasteiger partial charge in [0.2, 0.25) is 0 Å². The molecule has 1 aromatic carbocycles. The summed E-state index contributed by atoms with van der Waals surface area (Å²) in [5.41, 5.74) is 7.22. The maximum atomic E-state index is 13.4. The molecule has 0 heterocycles. The minimum absolute atomic E-state index is 0.279. The van der Waals surface area contributed by atoms with Gasteiger partial charge in [-0.05, 0) is 42.8 Å². The summed E-state index contributed by atoms with van der Waals surface area (Å²) in [6.07, 6.45) is 0. The summed E-state index contributed by atoms with van der Waals surface area (Å²) < 4.78 is 13.8. The maximum Gasteiger partial charge on any atom is 0.139 e. The molecule has 2 nitrogen and oxygen atoms in total. The molecule has 0 saturated heterocycles. The highest BCUT2D eigenvalue weighted by molar-refractivity contribution is 9.10. The van der Waals surface area contributed by atoms with Crippen LogP contribution in [0.5, 0.6) is 0 Å². The van der Waals surface area contributed by atoms with E-state index in [-0.39, 0.29) is 5.82 Å². The van der Waals surface area contributed by atoms with Gasteiger partial charge in [-0.25, -0.2) is 4.39 Å². The van der Waals surface area contributed by atoms with Crippen LogP contribution in [0.4, 0.5) is 15.8 Å². The Kier molecular flexibility index (Phi) is 3.97. The van der Waals surface area contributed by atoms with E-state index in [1.54, 1.807) is 6.07 Å². The first-order chi connectivity index (χ1) is 6.97. The molecule has 0 atom stereocenters. The number of benzene rings is 1. The standard InChI is InChI=1S/C11H16BrFN2/c1-4-15(7(2)3)11-6-9(13)8(12)5-10(11)14/h5-7H,4,14H2,1-3H3. The number of nitrogens with zero attached hydrogens (tertiary/aromatic N) is 1. The van der Waals surface area contributed by atoms with Gasteiger partial charge in [-0.3, -0.25) is 0 Å². The Labute approximate surface area is 98.4 Å². The third kappa shape index (κ3) is 2.62. The van der Waals surface area contributed by atoms with Crippen LogP contribution in [0.15, 0.2) is 16.6 Å². The quantitative estimate of drug-likeness (QED) is 0.856. The Bertz CT molecular complexity index is 353. The van der Waals surface area contributed by atoms with Crippen LogP contribution in [-0.2, 0) is 0 Å². The molecule has 0 radical (unpaired) electrons. The Balaban J connectivity index is 3.18. The fraction of sp³-hybridized carbons (Fsp3) is 0.455. The van der Waals surface area contributed by atoms with Crippen LogP contribution in [-0.4, -0.2) is 12.6 Å². The second-order valence-electron chi connectivity index (χ2n) is 3.70. The number of hydrogen-bond donors (Lipinski definition) is 1. The van der Waals surface area contributed by atoms with Gasteiger partial charge in [0.1, 0.15) is 5.82 Å². The lowest BCUT2D eigenvalue weighted by Gasteiger charge is -2.28. The minimum atomic E-state index is -0.279. The first kappa shape index (κ1) is 12.3. The second-order valence-corrected chi connectivity index (χ2v) is 4.56. The highest BCUT2D eigenvalue weighted by atomic mass is 79.9. The van der Waals surface area contributed by atoms with Crippen LogP contribution in [0, 0.1) is 5.82 Å². The van der Waals surface area contributed by atoms with Crippen molar-refractivity contribution in [3.05, 3.63) is 22.4 Å². The predicted octanol–water partition coefficient (Wildman–Crippen LogP) is 3.41.